The average molecular weight is 419 g/mol. The summed E-state index contributed by atoms with van der Waals surface area (Å²) in [4.78, 5) is 22.8. The van der Waals surface area contributed by atoms with E-state index in [9.17, 15) is 9.59 Å². The van der Waals surface area contributed by atoms with E-state index in [1.54, 1.807) is 0 Å². The lowest BCUT2D eigenvalue weighted by atomic mass is 10.2. The molecule has 0 fully saturated rings. The molecule has 0 aliphatic heterocycles. The molecule has 0 saturated heterocycles. The summed E-state index contributed by atoms with van der Waals surface area (Å²) in [5, 5.41) is 5.60. The van der Waals surface area contributed by atoms with Gasteiger partial charge in [-0.1, -0.05) is 27.7 Å². The van der Waals surface area contributed by atoms with E-state index in [1.807, 2.05) is 13.8 Å². The van der Waals surface area contributed by atoms with Crippen LogP contribution in [0.15, 0.2) is 0 Å². The van der Waals surface area contributed by atoms with Gasteiger partial charge in [0.1, 0.15) is 6.61 Å². The summed E-state index contributed by atoms with van der Waals surface area (Å²) in [6.07, 6.45) is 3.01. The highest BCUT2D eigenvalue weighted by Gasteiger charge is 2.04. The Hall–Kier alpha value is -1.22. The number of unbranched alkanes of at least 4 members (excludes halogenated alkanes) is 2. The van der Waals surface area contributed by atoms with Crippen LogP contribution in [0.5, 0.6) is 0 Å². The fraction of sp³-hybridized carbons (Fsp3) is 0.905. The summed E-state index contributed by atoms with van der Waals surface area (Å²) >= 11 is 0. The van der Waals surface area contributed by atoms with E-state index >= 15 is 0 Å². The molecule has 0 aromatic heterocycles. The first-order valence-corrected chi connectivity index (χ1v) is 10.8. The second-order valence-electron chi connectivity index (χ2n) is 7.59. The van der Waals surface area contributed by atoms with E-state index in [2.05, 4.69) is 24.5 Å². The summed E-state index contributed by atoms with van der Waals surface area (Å²) in [5.74, 6) is 0.411. The van der Waals surface area contributed by atoms with Gasteiger partial charge >= 0.3 is 0 Å². The van der Waals surface area contributed by atoms with Crippen molar-refractivity contribution < 1.29 is 28.5 Å². The number of rotatable bonds is 20. The van der Waals surface area contributed by atoms with Crippen molar-refractivity contribution in [3.05, 3.63) is 0 Å². The Morgan fingerprint density at radius 1 is 0.690 bits per heavy atom. The zero-order valence-electron chi connectivity index (χ0n) is 18.8. The van der Waals surface area contributed by atoms with Gasteiger partial charge in [0.25, 0.3) is 0 Å². The number of amides is 2. The van der Waals surface area contributed by atoms with E-state index in [0.29, 0.717) is 65.3 Å². The monoisotopic (exact) mass is 418 g/mol. The molecule has 0 spiro atoms. The number of hydrogen-bond acceptors (Lipinski definition) is 6. The molecule has 8 nitrogen and oxygen atoms in total. The van der Waals surface area contributed by atoms with Crippen molar-refractivity contribution in [1.82, 2.24) is 10.6 Å². The Balaban J connectivity index is 3.15. The minimum absolute atomic E-state index is 0.00435. The molecule has 8 heteroatoms. The summed E-state index contributed by atoms with van der Waals surface area (Å²) in [6.45, 7) is 13.1. The van der Waals surface area contributed by atoms with Crippen LogP contribution in [0.25, 0.3) is 0 Å². The summed E-state index contributed by atoms with van der Waals surface area (Å²) in [6, 6.07) is 0. The second-order valence-corrected chi connectivity index (χ2v) is 7.59. The maximum Gasteiger partial charge on any atom is 0.246 e. The van der Waals surface area contributed by atoms with Gasteiger partial charge in [0.2, 0.25) is 11.8 Å². The molecule has 0 heterocycles. The van der Waals surface area contributed by atoms with Crippen LogP contribution >= 0.6 is 0 Å². The van der Waals surface area contributed by atoms with E-state index in [-0.39, 0.29) is 24.3 Å². The molecule has 0 aliphatic rings. The van der Waals surface area contributed by atoms with E-state index in [4.69, 9.17) is 18.9 Å². The Bertz CT molecular complexity index is 405. The van der Waals surface area contributed by atoms with Gasteiger partial charge in [-0.3, -0.25) is 9.59 Å². The maximum atomic E-state index is 11.4. The highest BCUT2D eigenvalue weighted by molar-refractivity contribution is 5.77. The number of ether oxygens (including phenoxy) is 4. The number of carbonyl (C=O) groups is 2. The van der Waals surface area contributed by atoms with Gasteiger partial charge in [0, 0.05) is 32.2 Å². The van der Waals surface area contributed by atoms with Crippen LogP contribution in [0.4, 0.5) is 0 Å². The molecular formula is C21H42N2O6. The van der Waals surface area contributed by atoms with Crippen LogP contribution in [0.3, 0.4) is 0 Å². The standard InChI is InChI=1S/C21H42N2O6/c1-18(2)16-23-20(24)17-29-15-14-27-10-7-5-6-9-26-12-13-28-11-8-22-21(25)19(3)4/h18-19H,5-17H2,1-4H3,(H,22,25)(H,23,24). The number of carbonyl (C=O) groups excluding carboxylic acids is 2. The van der Waals surface area contributed by atoms with E-state index in [0.717, 1.165) is 19.3 Å². The Morgan fingerprint density at radius 3 is 1.79 bits per heavy atom. The fourth-order valence-electron chi connectivity index (χ4n) is 2.11. The third-order valence-electron chi connectivity index (χ3n) is 3.83. The average Bonchev–Trinajstić information content (AvgIpc) is 2.68. The molecule has 0 atom stereocenters. The smallest absolute Gasteiger partial charge is 0.246 e. The van der Waals surface area contributed by atoms with Crippen molar-refractivity contribution >= 4 is 11.8 Å². The van der Waals surface area contributed by atoms with Crippen LogP contribution in [-0.2, 0) is 28.5 Å². The molecule has 0 aliphatic carbocycles. The minimum Gasteiger partial charge on any atom is -0.379 e. The molecule has 0 rings (SSSR count). The van der Waals surface area contributed by atoms with Crippen LogP contribution in [0, 0.1) is 11.8 Å². The highest BCUT2D eigenvalue weighted by Crippen LogP contribution is 1.97. The summed E-state index contributed by atoms with van der Waals surface area (Å²) in [7, 11) is 0. The predicted molar refractivity (Wildman–Crippen MR) is 113 cm³/mol. The van der Waals surface area contributed by atoms with Crippen molar-refractivity contribution in [1.29, 1.82) is 0 Å². The molecule has 0 aromatic rings. The Morgan fingerprint density at radius 2 is 1.24 bits per heavy atom. The fourth-order valence-corrected chi connectivity index (χ4v) is 2.11. The highest BCUT2D eigenvalue weighted by atomic mass is 16.5. The largest absolute Gasteiger partial charge is 0.379 e. The zero-order valence-corrected chi connectivity index (χ0v) is 18.8. The van der Waals surface area contributed by atoms with Crippen LogP contribution in [-0.4, -0.2) is 77.8 Å². The SMILES string of the molecule is CC(C)CNC(=O)COCCOCCCCCOCCOCCNC(=O)C(C)C. The van der Waals surface area contributed by atoms with Gasteiger partial charge in [0.15, 0.2) is 0 Å². The van der Waals surface area contributed by atoms with E-state index in [1.165, 1.54) is 0 Å². The van der Waals surface area contributed by atoms with Crippen LogP contribution in [0.1, 0.15) is 47.0 Å². The molecule has 2 N–H and O–H groups in total. The van der Waals surface area contributed by atoms with Crippen molar-refractivity contribution in [3.8, 4) is 0 Å². The first kappa shape index (κ1) is 27.8. The lowest BCUT2D eigenvalue weighted by Gasteiger charge is -2.09. The summed E-state index contributed by atoms with van der Waals surface area (Å²) < 4.78 is 21.7. The van der Waals surface area contributed by atoms with Crippen molar-refractivity contribution in [2.24, 2.45) is 11.8 Å². The molecule has 0 saturated carbocycles. The van der Waals surface area contributed by atoms with E-state index < -0.39 is 0 Å². The number of nitrogens with one attached hydrogen (secondary N) is 2. The Labute approximate surface area is 176 Å². The van der Waals surface area contributed by atoms with Crippen molar-refractivity contribution in [2.75, 3.05) is 65.9 Å². The molecular weight excluding hydrogens is 376 g/mol. The van der Waals surface area contributed by atoms with Crippen molar-refractivity contribution in [3.63, 3.8) is 0 Å². The topological polar surface area (TPSA) is 95.1 Å². The van der Waals surface area contributed by atoms with Gasteiger partial charge < -0.3 is 29.6 Å². The first-order chi connectivity index (χ1) is 13.9. The molecule has 2 amide bonds. The molecule has 0 bridgehead atoms. The normalized spacial score (nSPS) is 11.2. The van der Waals surface area contributed by atoms with Gasteiger partial charge in [-0.25, -0.2) is 0 Å². The van der Waals surface area contributed by atoms with Gasteiger partial charge in [-0.15, -0.1) is 0 Å². The Kier molecular flexibility index (Phi) is 19.2. The third kappa shape index (κ3) is 21.3. The quantitative estimate of drug-likeness (QED) is 0.293. The predicted octanol–water partition coefficient (Wildman–Crippen LogP) is 1.77. The third-order valence-corrected chi connectivity index (χ3v) is 3.83. The van der Waals surface area contributed by atoms with Crippen molar-refractivity contribution in [2.45, 2.75) is 47.0 Å². The molecule has 0 aromatic carbocycles. The van der Waals surface area contributed by atoms with Gasteiger partial charge in [-0.05, 0) is 25.2 Å². The van der Waals surface area contributed by atoms with Gasteiger partial charge in [0.05, 0.1) is 33.0 Å². The maximum absolute atomic E-state index is 11.4. The van der Waals surface area contributed by atoms with Crippen LogP contribution in [0.2, 0.25) is 0 Å². The first-order valence-electron chi connectivity index (χ1n) is 10.8. The molecule has 0 radical (unpaired) electrons. The molecule has 172 valence electrons. The minimum atomic E-state index is -0.0815. The second kappa shape index (κ2) is 20.1. The molecule has 0 unspecified atom stereocenters. The lowest BCUT2D eigenvalue weighted by Crippen LogP contribution is -2.31. The zero-order chi connectivity index (χ0) is 21.7. The molecule has 29 heavy (non-hydrogen) atoms. The van der Waals surface area contributed by atoms with Gasteiger partial charge in [-0.2, -0.15) is 0 Å². The number of hydrogen-bond donors (Lipinski definition) is 2. The summed E-state index contributed by atoms with van der Waals surface area (Å²) in [5.41, 5.74) is 0. The lowest BCUT2D eigenvalue weighted by molar-refractivity contribution is -0.126. The van der Waals surface area contributed by atoms with Crippen LogP contribution < -0.4 is 10.6 Å².